The highest BCUT2D eigenvalue weighted by Gasteiger charge is 2.27. The second kappa shape index (κ2) is 9.96. The molecule has 1 fully saturated rings. The first-order chi connectivity index (χ1) is 15.6. The molecule has 1 atom stereocenters. The van der Waals surface area contributed by atoms with Crippen LogP contribution in [0, 0.1) is 0 Å². The number of piperazine rings is 1. The number of aromatic nitrogens is 2. The van der Waals surface area contributed by atoms with Crippen LogP contribution >= 0.6 is 0 Å². The largest absolute Gasteiger partial charge is 0.493 e. The fourth-order valence-corrected chi connectivity index (χ4v) is 3.69. The lowest BCUT2D eigenvalue weighted by Crippen LogP contribution is -2.54. The molecule has 0 spiro atoms. The van der Waals surface area contributed by atoms with E-state index in [1.165, 1.54) is 6.33 Å². The first-order valence-corrected chi connectivity index (χ1v) is 10.6. The normalized spacial score (nSPS) is 16.2. The molecule has 1 amide bonds. The minimum absolute atomic E-state index is 0.0175. The number of para-hydroxylation sites is 2. The van der Waals surface area contributed by atoms with Crippen LogP contribution in [0.2, 0.25) is 0 Å². The van der Waals surface area contributed by atoms with Crippen molar-refractivity contribution in [2.75, 3.05) is 31.6 Å². The summed E-state index contributed by atoms with van der Waals surface area (Å²) in [6.45, 7) is 4.02. The molecular formula is C25H26N4O3. The molecule has 0 aliphatic carbocycles. The van der Waals surface area contributed by atoms with Gasteiger partial charge in [-0.15, -0.1) is 0 Å². The molecule has 0 bridgehead atoms. The van der Waals surface area contributed by atoms with Crippen molar-refractivity contribution >= 4 is 17.8 Å². The summed E-state index contributed by atoms with van der Waals surface area (Å²) in [5.74, 6) is 2.45. The number of benzene rings is 2. The molecule has 0 unspecified atom stereocenters. The Morgan fingerprint density at radius 1 is 1.03 bits per heavy atom. The van der Waals surface area contributed by atoms with Crippen molar-refractivity contribution in [2.24, 2.45) is 0 Å². The van der Waals surface area contributed by atoms with Gasteiger partial charge in [-0.05, 0) is 30.7 Å². The maximum absolute atomic E-state index is 12.7. The fourth-order valence-electron chi connectivity index (χ4n) is 3.69. The Kier molecular flexibility index (Phi) is 6.65. The SMILES string of the molecule is COc1ccccc1Oc1cc(N2CCN(C(=O)/C=C/c3ccccc3)[C@H](C)C2)ncn1. The van der Waals surface area contributed by atoms with Crippen molar-refractivity contribution < 1.29 is 14.3 Å². The van der Waals surface area contributed by atoms with E-state index in [0.29, 0.717) is 37.0 Å². The van der Waals surface area contributed by atoms with Gasteiger partial charge in [0, 0.05) is 37.8 Å². The Morgan fingerprint density at radius 3 is 2.53 bits per heavy atom. The molecule has 0 N–H and O–H groups in total. The van der Waals surface area contributed by atoms with E-state index in [4.69, 9.17) is 9.47 Å². The van der Waals surface area contributed by atoms with E-state index in [2.05, 4.69) is 14.9 Å². The molecule has 3 aromatic rings. The molecule has 1 aliphatic heterocycles. The van der Waals surface area contributed by atoms with Crippen molar-refractivity contribution in [3.05, 3.63) is 78.6 Å². The molecule has 7 nitrogen and oxygen atoms in total. The highest BCUT2D eigenvalue weighted by Crippen LogP contribution is 2.31. The van der Waals surface area contributed by atoms with Crippen molar-refractivity contribution in [1.82, 2.24) is 14.9 Å². The number of carbonyl (C=O) groups is 1. The summed E-state index contributed by atoms with van der Waals surface area (Å²) in [6, 6.07) is 19.1. The van der Waals surface area contributed by atoms with Crippen molar-refractivity contribution in [1.29, 1.82) is 0 Å². The summed E-state index contributed by atoms with van der Waals surface area (Å²) in [7, 11) is 1.60. The van der Waals surface area contributed by atoms with Gasteiger partial charge in [0.15, 0.2) is 11.5 Å². The van der Waals surface area contributed by atoms with Crippen LogP contribution in [0.3, 0.4) is 0 Å². The van der Waals surface area contributed by atoms with Gasteiger partial charge >= 0.3 is 0 Å². The van der Waals surface area contributed by atoms with Gasteiger partial charge in [-0.2, -0.15) is 0 Å². The van der Waals surface area contributed by atoms with Gasteiger partial charge in [-0.25, -0.2) is 9.97 Å². The van der Waals surface area contributed by atoms with Gasteiger partial charge in [0.1, 0.15) is 12.1 Å². The topological polar surface area (TPSA) is 67.8 Å². The van der Waals surface area contributed by atoms with E-state index in [-0.39, 0.29) is 11.9 Å². The Hall–Kier alpha value is -3.87. The van der Waals surface area contributed by atoms with Crippen LogP contribution in [0.15, 0.2) is 73.1 Å². The van der Waals surface area contributed by atoms with Crippen LogP contribution in [0.4, 0.5) is 5.82 Å². The number of hydrogen-bond donors (Lipinski definition) is 0. The summed E-state index contributed by atoms with van der Waals surface area (Å²) in [4.78, 5) is 25.4. The van der Waals surface area contributed by atoms with E-state index in [0.717, 1.165) is 11.4 Å². The van der Waals surface area contributed by atoms with Crippen LogP contribution < -0.4 is 14.4 Å². The van der Waals surface area contributed by atoms with Crippen LogP contribution in [0.5, 0.6) is 17.4 Å². The van der Waals surface area contributed by atoms with Gasteiger partial charge in [0.05, 0.1) is 7.11 Å². The number of amides is 1. The first-order valence-electron chi connectivity index (χ1n) is 10.6. The number of carbonyl (C=O) groups excluding carboxylic acids is 1. The molecule has 1 aliphatic rings. The number of hydrogen-bond acceptors (Lipinski definition) is 6. The van der Waals surface area contributed by atoms with Crippen molar-refractivity contribution in [3.8, 4) is 17.4 Å². The average molecular weight is 431 g/mol. The van der Waals surface area contributed by atoms with E-state index in [1.807, 2.05) is 78.6 Å². The Balaban J connectivity index is 1.40. The molecule has 1 saturated heterocycles. The van der Waals surface area contributed by atoms with Gasteiger partial charge in [-0.3, -0.25) is 4.79 Å². The quantitative estimate of drug-likeness (QED) is 0.550. The number of methoxy groups -OCH3 is 1. The maximum Gasteiger partial charge on any atom is 0.246 e. The molecule has 2 heterocycles. The van der Waals surface area contributed by atoms with Crippen LogP contribution in [-0.4, -0.2) is 53.6 Å². The zero-order valence-corrected chi connectivity index (χ0v) is 18.2. The first kappa shape index (κ1) is 21.4. The number of ether oxygens (including phenoxy) is 2. The molecule has 0 saturated carbocycles. The van der Waals surface area contributed by atoms with E-state index >= 15 is 0 Å². The number of rotatable bonds is 6. The van der Waals surface area contributed by atoms with Crippen LogP contribution in [0.1, 0.15) is 12.5 Å². The third-order valence-corrected chi connectivity index (χ3v) is 5.36. The lowest BCUT2D eigenvalue weighted by Gasteiger charge is -2.40. The monoisotopic (exact) mass is 430 g/mol. The highest BCUT2D eigenvalue weighted by molar-refractivity contribution is 5.92. The number of nitrogens with zero attached hydrogens (tertiary/aromatic N) is 4. The second-order valence-corrected chi connectivity index (χ2v) is 7.54. The van der Waals surface area contributed by atoms with Crippen molar-refractivity contribution in [2.45, 2.75) is 13.0 Å². The van der Waals surface area contributed by atoms with Gasteiger partial charge < -0.3 is 19.3 Å². The Bertz CT molecular complexity index is 1090. The van der Waals surface area contributed by atoms with Crippen LogP contribution in [-0.2, 0) is 4.79 Å². The summed E-state index contributed by atoms with van der Waals surface area (Å²) in [6.07, 6.45) is 4.99. The molecule has 4 rings (SSSR count). The van der Waals surface area contributed by atoms with E-state index in [9.17, 15) is 4.79 Å². The molecule has 2 aromatic carbocycles. The predicted molar refractivity (Wildman–Crippen MR) is 124 cm³/mol. The molecule has 0 radical (unpaired) electrons. The van der Waals surface area contributed by atoms with E-state index < -0.39 is 0 Å². The molecule has 32 heavy (non-hydrogen) atoms. The summed E-state index contributed by atoms with van der Waals surface area (Å²) < 4.78 is 11.3. The highest BCUT2D eigenvalue weighted by atomic mass is 16.5. The fraction of sp³-hybridized carbons (Fsp3) is 0.240. The van der Waals surface area contributed by atoms with E-state index in [1.54, 1.807) is 13.2 Å². The van der Waals surface area contributed by atoms with Crippen LogP contribution in [0.25, 0.3) is 6.08 Å². The predicted octanol–water partition coefficient (Wildman–Crippen LogP) is 4.03. The molecule has 164 valence electrons. The third-order valence-electron chi connectivity index (χ3n) is 5.36. The summed E-state index contributed by atoms with van der Waals surface area (Å²) in [5, 5.41) is 0. The van der Waals surface area contributed by atoms with Crippen molar-refractivity contribution in [3.63, 3.8) is 0 Å². The number of anilines is 1. The summed E-state index contributed by atoms with van der Waals surface area (Å²) in [5.41, 5.74) is 1.01. The summed E-state index contributed by atoms with van der Waals surface area (Å²) >= 11 is 0. The molecular weight excluding hydrogens is 404 g/mol. The van der Waals surface area contributed by atoms with Gasteiger partial charge in [0.2, 0.25) is 11.8 Å². The Morgan fingerprint density at radius 2 is 1.78 bits per heavy atom. The van der Waals surface area contributed by atoms with Gasteiger partial charge in [-0.1, -0.05) is 42.5 Å². The Labute approximate surface area is 187 Å². The molecule has 1 aromatic heterocycles. The lowest BCUT2D eigenvalue weighted by atomic mass is 10.1. The zero-order chi connectivity index (χ0) is 22.3. The third kappa shape index (κ3) is 5.06. The smallest absolute Gasteiger partial charge is 0.246 e. The maximum atomic E-state index is 12.7. The minimum Gasteiger partial charge on any atom is -0.493 e. The standard InChI is InChI=1S/C25H26N4O3/c1-19-17-28(14-15-29(19)25(30)13-12-20-8-4-3-5-9-20)23-16-24(27-18-26-23)32-22-11-7-6-10-21(22)31-2/h3-13,16,18-19H,14-15,17H2,1-2H3/b13-12+/t19-/m1/s1. The minimum atomic E-state index is 0.0175. The van der Waals surface area contributed by atoms with Gasteiger partial charge in [0.25, 0.3) is 0 Å². The second-order valence-electron chi connectivity index (χ2n) is 7.54. The lowest BCUT2D eigenvalue weighted by molar-refractivity contribution is -0.128. The zero-order valence-electron chi connectivity index (χ0n) is 18.2. The molecule has 7 heteroatoms. The average Bonchev–Trinajstić information content (AvgIpc) is 2.83.